The molecule has 150 valence electrons. The van der Waals surface area contributed by atoms with Crippen LogP contribution in [-0.2, 0) is 22.6 Å². The molecular weight excluding hydrogens is 368 g/mol. The van der Waals surface area contributed by atoms with E-state index in [4.69, 9.17) is 21.2 Å². The summed E-state index contributed by atoms with van der Waals surface area (Å²) >= 11 is 0. The van der Waals surface area contributed by atoms with Crippen LogP contribution in [0.25, 0.3) is 0 Å². The largest absolute Gasteiger partial charge is 0.478 e. The Morgan fingerprint density at radius 1 is 1.28 bits per heavy atom. The molecule has 29 heavy (non-hydrogen) atoms. The molecule has 1 heterocycles. The van der Waals surface area contributed by atoms with E-state index < -0.39 is 5.56 Å². The van der Waals surface area contributed by atoms with Crippen molar-refractivity contribution >= 4 is 5.97 Å². The third kappa shape index (κ3) is 5.73. The van der Waals surface area contributed by atoms with Crippen molar-refractivity contribution in [2.45, 2.75) is 52.7 Å². The van der Waals surface area contributed by atoms with E-state index in [1.54, 1.807) is 26.0 Å². The van der Waals surface area contributed by atoms with Gasteiger partial charge in [-0.05, 0) is 55.5 Å². The highest BCUT2D eigenvalue weighted by atomic mass is 16.5. The third-order valence-electron chi connectivity index (χ3n) is 4.66. The Balaban J connectivity index is 1.91. The molecule has 0 bridgehead atoms. The Bertz CT molecular complexity index is 1010. The van der Waals surface area contributed by atoms with E-state index in [0.29, 0.717) is 23.4 Å². The monoisotopic (exact) mass is 392 g/mol. The number of ether oxygens (including phenoxy) is 2. The second kappa shape index (κ2) is 10.1. The second-order valence-electron chi connectivity index (χ2n) is 6.66. The molecule has 0 aliphatic rings. The van der Waals surface area contributed by atoms with E-state index in [2.05, 4.69) is 10.9 Å². The number of aromatic nitrogens is 1. The smallest absolute Gasteiger partial charge is 0.306 e. The van der Waals surface area contributed by atoms with Gasteiger partial charge in [0.2, 0.25) is 0 Å². The first kappa shape index (κ1) is 21.8. The van der Waals surface area contributed by atoms with Crippen molar-refractivity contribution in [2.75, 3.05) is 0 Å². The molecule has 0 fully saturated rings. The number of hydrogen-bond acceptors (Lipinski definition) is 5. The number of nitrogens with one attached hydrogen (secondary N) is 1. The summed E-state index contributed by atoms with van der Waals surface area (Å²) in [6.07, 6.45) is 6.39. The van der Waals surface area contributed by atoms with Crippen molar-refractivity contribution in [1.29, 1.82) is 5.26 Å². The van der Waals surface area contributed by atoms with Gasteiger partial charge < -0.3 is 14.5 Å². The zero-order valence-electron chi connectivity index (χ0n) is 16.9. The molecule has 2 rings (SSSR count). The number of carbonyl (C=O) groups excluding carboxylic acids is 1. The van der Waals surface area contributed by atoms with Crippen LogP contribution in [0, 0.1) is 37.5 Å². The quantitative estimate of drug-likeness (QED) is 0.549. The van der Waals surface area contributed by atoms with Crippen LogP contribution in [0.2, 0.25) is 0 Å². The van der Waals surface area contributed by atoms with Gasteiger partial charge in [-0.2, -0.15) is 5.26 Å². The number of pyridine rings is 1. The van der Waals surface area contributed by atoms with Gasteiger partial charge in [-0.1, -0.05) is 25.0 Å². The molecule has 6 heteroatoms. The number of esters is 1. The lowest BCUT2D eigenvalue weighted by Crippen LogP contribution is -2.17. The molecule has 1 atom stereocenters. The number of terminal acetylenes is 1. The summed E-state index contributed by atoms with van der Waals surface area (Å²) in [5.41, 5.74) is 2.56. The molecule has 0 saturated carbocycles. The average molecular weight is 392 g/mol. The molecule has 6 nitrogen and oxygen atoms in total. The molecule has 0 unspecified atom stereocenters. The number of aryl methyl sites for hydroxylation is 1. The van der Waals surface area contributed by atoms with E-state index in [1.807, 2.05) is 25.1 Å². The molecule has 1 N–H and O–H groups in total. The van der Waals surface area contributed by atoms with E-state index in [-0.39, 0.29) is 30.7 Å². The van der Waals surface area contributed by atoms with E-state index in [1.165, 1.54) is 0 Å². The summed E-state index contributed by atoms with van der Waals surface area (Å²) in [5.74, 6) is 2.89. The highest BCUT2D eigenvalue weighted by molar-refractivity contribution is 5.70. The van der Waals surface area contributed by atoms with Crippen molar-refractivity contribution in [3.63, 3.8) is 0 Å². The Labute approximate surface area is 170 Å². The Hall–Kier alpha value is -3.51. The molecule has 0 radical (unpaired) electrons. The van der Waals surface area contributed by atoms with Gasteiger partial charge in [-0.25, -0.2) is 0 Å². The van der Waals surface area contributed by atoms with Crippen molar-refractivity contribution in [3.05, 3.63) is 62.6 Å². The molecule has 1 aromatic heterocycles. The highest BCUT2D eigenvalue weighted by Crippen LogP contribution is 2.17. The molecule has 2 aromatic rings. The van der Waals surface area contributed by atoms with Crippen LogP contribution in [0.4, 0.5) is 0 Å². The second-order valence-corrected chi connectivity index (χ2v) is 6.66. The zero-order valence-corrected chi connectivity index (χ0v) is 16.9. The van der Waals surface area contributed by atoms with Crippen LogP contribution < -0.4 is 10.3 Å². The van der Waals surface area contributed by atoms with Gasteiger partial charge in [0.15, 0.2) is 6.10 Å². The molecule has 1 aromatic carbocycles. The minimum absolute atomic E-state index is 0.0800. The lowest BCUT2D eigenvalue weighted by Gasteiger charge is -2.12. The van der Waals surface area contributed by atoms with Gasteiger partial charge in [0.1, 0.15) is 24.0 Å². The normalized spacial score (nSPS) is 11.2. The predicted molar refractivity (Wildman–Crippen MR) is 109 cm³/mol. The zero-order chi connectivity index (χ0) is 21.4. The van der Waals surface area contributed by atoms with Crippen LogP contribution in [0.15, 0.2) is 29.1 Å². The maximum absolute atomic E-state index is 12.1. The summed E-state index contributed by atoms with van der Waals surface area (Å²) in [6, 6.07) is 9.13. The summed E-state index contributed by atoms with van der Waals surface area (Å²) in [7, 11) is 0. The minimum atomic E-state index is -0.409. The summed E-state index contributed by atoms with van der Waals surface area (Å²) < 4.78 is 11.0. The maximum atomic E-state index is 12.1. The fourth-order valence-electron chi connectivity index (χ4n) is 2.95. The van der Waals surface area contributed by atoms with Crippen LogP contribution in [0.1, 0.15) is 47.7 Å². The molecule has 0 spiro atoms. The minimum Gasteiger partial charge on any atom is -0.478 e. The fourth-order valence-corrected chi connectivity index (χ4v) is 2.95. The lowest BCUT2D eigenvalue weighted by molar-refractivity contribution is -0.144. The number of aromatic amines is 1. The van der Waals surface area contributed by atoms with Gasteiger partial charge in [0.05, 0.1) is 0 Å². The predicted octanol–water partition coefficient (Wildman–Crippen LogP) is 3.33. The first-order valence-corrected chi connectivity index (χ1v) is 9.39. The molecular formula is C23H24N2O4. The van der Waals surface area contributed by atoms with Crippen LogP contribution >= 0.6 is 0 Å². The SMILES string of the molecule is C#C[C@H](CC)Oc1ccc(COC(=O)CCc2c(C)[nH]c(=O)c(C#N)c2C)cc1. The Kier molecular flexibility index (Phi) is 7.62. The third-order valence-corrected chi connectivity index (χ3v) is 4.66. The highest BCUT2D eigenvalue weighted by Gasteiger charge is 2.14. The van der Waals surface area contributed by atoms with Crippen molar-refractivity contribution in [3.8, 4) is 24.2 Å². The van der Waals surface area contributed by atoms with Gasteiger partial charge >= 0.3 is 5.97 Å². The standard InChI is InChI=1S/C23H24N2O4/c1-5-18(6-2)29-19-9-7-17(8-10-19)14-28-22(26)12-11-20-15(3)21(13-24)23(27)25-16(20)4/h1,7-10,18H,6,11-12,14H2,2-4H3,(H,25,27)/t18-/m1/s1. The summed E-state index contributed by atoms with van der Waals surface area (Å²) in [5, 5.41) is 9.12. The number of rotatable bonds is 8. The molecule has 0 aliphatic carbocycles. The van der Waals surface area contributed by atoms with Gasteiger partial charge in [0, 0.05) is 12.1 Å². The number of nitrogens with zero attached hydrogens (tertiary/aromatic N) is 1. The number of benzene rings is 1. The lowest BCUT2D eigenvalue weighted by atomic mass is 9.99. The average Bonchev–Trinajstić information content (AvgIpc) is 2.71. The maximum Gasteiger partial charge on any atom is 0.306 e. The summed E-state index contributed by atoms with van der Waals surface area (Å²) in [6.45, 7) is 5.57. The van der Waals surface area contributed by atoms with Gasteiger partial charge in [0.25, 0.3) is 5.56 Å². The van der Waals surface area contributed by atoms with Crippen molar-refractivity contribution in [2.24, 2.45) is 0 Å². The number of nitriles is 1. The van der Waals surface area contributed by atoms with Crippen LogP contribution in [-0.4, -0.2) is 17.1 Å². The molecule has 0 saturated heterocycles. The Morgan fingerprint density at radius 2 is 1.97 bits per heavy atom. The number of H-pyrrole nitrogens is 1. The fraction of sp³-hybridized carbons (Fsp3) is 0.348. The van der Waals surface area contributed by atoms with Crippen molar-refractivity contribution in [1.82, 2.24) is 4.98 Å². The topological polar surface area (TPSA) is 92.2 Å². The van der Waals surface area contributed by atoms with E-state index in [9.17, 15) is 9.59 Å². The van der Waals surface area contributed by atoms with Crippen molar-refractivity contribution < 1.29 is 14.3 Å². The van der Waals surface area contributed by atoms with Crippen LogP contribution in [0.3, 0.4) is 0 Å². The Morgan fingerprint density at radius 3 is 2.55 bits per heavy atom. The van der Waals surface area contributed by atoms with Gasteiger partial charge in [-0.15, -0.1) is 6.42 Å². The van der Waals surface area contributed by atoms with E-state index in [0.717, 1.165) is 17.5 Å². The van der Waals surface area contributed by atoms with E-state index >= 15 is 0 Å². The summed E-state index contributed by atoms with van der Waals surface area (Å²) in [4.78, 5) is 26.5. The first-order valence-electron chi connectivity index (χ1n) is 9.39. The van der Waals surface area contributed by atoms with Gasteiger partial charge in [-0.3, -0.25) is 9.59 Å². The number of carbonyl (C=O) groups is 1. The first-order chi connectivity index (χ1) is 13.9. The van der Waals surface area contributed by atoms with Crippen LogP contribution in [0.5, 0.6) is 5.75 Å². The molecule has 0 aliphatic heterocycles. The molecule has 0 amide bonds. The number of hydrogen-bond donors (Lipinski definition) is 1.